The molecule has 0 aliphatic rings. The highest BCUT2D eigenvalue weighted by atomic mass is 32.1. The average molecular weight is 316 g/mol. The number of fused-ring (bicyclic) bond motifs is 1. The quantitative estimate of drug-likeness (QED) is 0.713. The highest BCUT2D eigenvalue weighted by molar-refractivity contribution is 7.80. The number of carbonyl (C=O) groups is 2. The lowest BCUT2D eigenvalue weighted by molar-refractivity contribution is -0.128. The van der Waals surface area contributed by atoms with Gasteiger partial charge in [0.2, 0.25) is 11.8 Å². The third-order valence-electron chi connectivity index (χ3n) is 3.41. The van der Waals surface area contributed by atoms with Crippen LogP contribution in [0.1, 0.15) is 12.5 Å². The lowest BCUT2D eigenvalue weighted by Crippen LogP contribution is -2.45. The minimum Gasteiger partial charge on any atom is -0.354 e. The van der Waals surface area contributed by atoms with Crippen molar-refractivity contribution in [3.63, 3.8) is 0 Å². The monoisotopic (exact) mass is 316 g/mol. The second-order valence-electron chi connectivity index (χ2n) is 5.12. The highest BCUT2D eigenvalue weighted by Gasteiger charge is 2.15. The zero-order valence-corrected chi connectivity index (χ0v) is 13.4. The molecule has 0 aliphatic heterocycles. The number of amides is 2. The summed E-state index contributed by atoms with van der Waals surface area (Å²) in [6, 6.07) is 13.3. The third-order valence-corrected chi connectivity index (χ3v) is 3.64. The van der Waals surface area contributed by atoms with E-state index in [1.807, 2.05) is 42.5 Å². The summed E-state index contributed by atoms with van der Waals surface area (Å²) in [7, 11) is 0. The van der Waals surface area contributed by atoms with Gasteiger partial charge in [0.05, 0.1) is 6.42 Å². The number of rotatable bonds is 6. The van der Waals surface area contributed by atoms with Crippen LogP contribution in [0.3, 0.4) is 0 Å². The maximum Gasteiger partial charge on any atom is 0.242 e. The maximum atomic E-state index is 12.1. The van der Waals surface area contributed by atoms with Crippen LogP contribution in [-0.4, -0.2) is 30.2 Å². The van der Waals surface area contributed by atoms with Gasteiger partial charge in [-0.25, -0.2) is 0 Å². The molecule has 2 rings (SSSR count). The van der Waals surface area contributed by atoms with E-state index < -0.39 is 6.04 Å². The Labute approximate surface area is 135 Å². The molecule has 0 aliphatic carbocycles. The van der Waals surface area contributed by atoms with E-state index in [0.29, 0.717) is 12.3 Å². The molecule has 0 unspecified atom stereocenters. The van der Waals surface area contributed by atoms with Gasteiger partial charge >= 0.3 is 0 Å². The topological polar surface area (TPSA) is 58.2 Å². The van der Waals surface area contributed by atoms with Gasteiger partial charge in [-0.3, -0.25) is 9.59 Å². The molecule has 5 heteroatoms. The second kappa shape index (κ2) is 7.84. The minimum atomic E-state index is -0.553. The Morgan fingerprint density at radius 2 is 1.86 bits per heavy atom. The van der Waals surface area contributed by atoms with Gasteiger partial charge in [-0.2, -0.15) is 12.6 Å². The summed E-state index contributed by atoms with van der Waals surface area (Å²) >= 11 is 4.03. The molecule has 116 valence electrons. The number of carbonyl (C=O) groups excluding carboxylic acids is 2. The van der Waals surface area contributed by atoms with E-state index in [1.165, 1.54) is 0 Å². The number of nitrogens with one attached hydrogen (secondary N) is 2. The maximum absolute atomic E-state index is 12.1. The van der Waals surface area contributed by atoms with E-state index >= 15 is 0 Å². The molecule has 0 heterocycles. The Kier molecular flexibility index (Phi) is 5.83. The summed E-state index contributed by atoms with van der Waals surface area (Å²) in [6.45, 7) is 2.17. The van der Waals surface area contributed by atoms with E-state index in [0.717, 1.165) is 16.3 Å². The Hall–Kier alpha value is -2.01. The van der Waals surface area contributed by atoms with Crippen molar-refractivity contribution in [2.45, 2.75) is 19.4 Å². The molecule has 2 aromatic rings. The van der Waals surface area contributed by atoms with Crippen LogP contribution in [0.15, 0.2) is 42.5 Å². The third kappa shape index (κ3) is 4.24. The van der Waals surface area contributed by atoms with Gasteiger partial charge in [-0.1, -0.05) is 42.5 Å². The van der Waals surface area contributed by atoms with Crippen LogP contribution in [-0.2, 0) is 16.0 Å². The van der Waals surface area contributed by atoms with Crippen molar-refractivity contribution in [2.75, 3.05) is 12.3 Å². The molecule has 0 fully saturated rings. The molecule has 22 heavy (non-hydrogen) atoms. The van der Waals surface area contributed by atoms with Gasteiger partial charge in [0, 0.05) is 12.3 Å². The minimum absolute atomic E-state index is 0.162. The fraction of sp³-hybridized carbons (Fsp3) is 0.294. The van der Waals surface area contributed by atoms with Crippen LogP contribution in [0.25, 0.3) is 10.8 Å². The Morgan fingerprint density at radius 1 is 1.14 bits per heavy atom. The lowest BCUT2D eigenvalue weighted by Gasteiger charge is -2.14. The van der Waals surface area contributed by atoms with E-state index in [2.05, 4.69) is 23.3 Å². The number of thiol groups is 1. The fourth-order valence-electron chi connectivity index (χ4n) is 2.31. The van der Waals surface area contributed by atoms with E-state index in [-0.39, 0.29) is 18.2 Å². The Morgan fingerprint density at radius 3 is 2.64 bits per heavy atom. The smallest absolute Gasteiger partial charge is 0.242 e. The predicted octanol–water partition coefficient (Wildman–Crippen LogP) is 1.93. The van der Waals surface area contributed by atoms with Crippen molar-refractivity contribution in [1.29, 1.82) is 0 Å². The predicted molar refractivity (Wildman–Crippen MR) is 92.1 cm³/mol. The van der Waals surface area contributed by atoms with E-state index in [4.69, 9.17) is 0 Å². The summed E-state index contributed by atoms with van der Waals surface area (Å²) in [5, 5.41) is 7.59. The summed E-state index contributed by atoms with van der Waals surface area (Å²) in [4.78, 5) is 23.9. The molecular formula is C17H20N2O2S. The zero-order chi connectivity index (χ0) is 15.9. The Bertz CT molecular complexity index is 667. The molecule has 2 aromatic carbocycles. The first-order valence-corrected chi connectivity index (χ1v) is 7.89. The van der Waals surface area contributed by atoms with Crippen LogP contribution in [0, 0.1) is 0 Å². The van der Waals surface area contributed by atoms with Crippen LogP contribution in [0.5, 0.6) is 0 Å². The summed E-state index contributed by atoms with van der Waals surface area (Å²) in [5.41, 5.74) is 0.957. The van der Waals surface area contributed by atoms with Crippen molar-refractivity contribution in [2.24, 2.45) is 0 Å². The molecule has 1 atom stereocenters. The summed E-state index contributed by atoms with van der Waals surface area (Å²) < 4.78 is 0. The van der Waals surface area contributed by atoms with Crippen molar-refractivity contribution < 1.29 is 9.59 Å². The van der Waals surface area contributed by atoms with Crippen LogP contribution < -0.4 is 10.6 Å². The largest absolute Gasteiger partial charge is 0.354 e. The normalized spacial score (nSPS) is 11.9. The first kappa shape index (κ1) is 16.4. The second-order valence-corrected chi connectivity index (χ2v) is 5.57. The van der Waals surface area contributed by atoms with Crippen LogP contribution in [0.2, 0.25) is 0 Å². The fourth-order valence-corrected chi connectivity index (χ4v) is 2.42. The molecule has 0 radical (unpaired) electrons. The molecule has 0 spiro atoms. The van der Waals surface area contributed by atoms with Gasteiger partial charge in [-0.15, -0.1) is 0 Å². The number of hydrogen-bond donors (Lipinski definition) is 3. The van der Waals surface area contributed by atoms with Crippen molar-refractivity contribution in [3.8, 4) is 0 Å². The van der Waals surface area contributed by atoms with Gasteiger partial charge < -0.3 is 10.6 Å². The first-order valence-electron chi connectivity index (χ1n) is 7.26. The molecule has 2 N–H and O–H groups in total. The van der Waals surface area contributed by atoms with E-state index in [1.54, 1.807) is 6.92 Å². The average Bonchev–Trinajstić information content (AvgIpc) is 2.52. The molecule has 2 amide bonds. The van der Waals surface area contributed by atoms with Gasteiger partial charge in [0.1, 0.15) is 6.04 Å². The highest BCUT2D eigenvalue weighted by Crippen LogP contribution is 2.18. The number of benzene rings is 2. The zero-order valence-electron chi connectivity index (χ0n) is 12.5. The number of hydrogen-bond acceptors (Lipinski definition) is 3. The molecule has 0 saturated heterocycles. The van der Waals surface area contributed by atoms with Gasteiger partial charge in [-0.05, 0) is 23.3 Å². The van der Waals surface area contributed by atoms with Crippen molar-refractivity contribution in [3.05, 3.63) is 48.0 Å². The molecular weight excluding hydrogens is 296 g/mol. The van der Waals surface area contributed by atoms with E-state index in [9.17, 15) is 9.59 Å². The van der Waals surface area contributed by atoms with Crippen molar-refractivity contribution >= 4 is 35.2 Å². The molecule has 0 aromatic heterocycles. The molecule has 4 nitrogen and oxygen atoms in total. The van der Waals surface area contributed by atoms with Gasteiger partial charge in [0.25, 0.3) is 0 Å². The molecule has 0 bridgehead atoms. The lowest BCUT2D eigenvalue weighted by atomic mass is 10.0. The van der Waals surface area contributed by atoms with Crippen LogP contribution >= 0.6 is 12.6 Å². The first-order chi connectivity index (χ1) is 10.6. The molecule has 0 saturated carbocycles. The van der Waals surface area contributed by atoms with Crippen molar-refractivity contribution in [1.82, 2.24) is 10.6 Å². The van der Waals surface area contributed by atoms with Gasteiger partial charge in [0.15, 0.2) is 0 Å². The summed E-state index contributed by atoms with van der Waals surface area (Å²) in [6.07, 6.45) is 0.255. The van der Waals surface area contributed by atoms with Crippen LogP contribution in [0.4, 0.5) is 0 Å². The summed E-state index contributed by atoms with van der Waals surface area (Å²) in [5.74, 6) is 0.216. The standard InChI is InChI=1S/C17H20N2O2S/c1-12(17(21)18-9-10-22)19-16(20)11-14-7-4-6-13-5-2-3-8-15(13)14/h2-8,12,22H,9-11H2,1H3,(H,18,21)(H,19,20)/t12-/m0/s1. The SMILES string of the molecule is C[C@H](NC(=O)Cc1cccc2ccccc12)C(=O)NCCS. The Balaban J connectivity index is 2.00.